The van der Waals surface area contributed by atoms with E-state index in [2.05, 4.69) is 22.5 Å². The van der Waals surface area contributed by atoms with Gasteiger partial charge in [0.2, 0.25) is 0 Å². The molecular weight excluding hydrogens is 389 g/mol. The lowest BCUT2D eigenvalue weighted by Gasteiger charge is -2.16. The summed E-state index contributed by atoms with van der Waals surface area (Å²) in [6.45, 7) is 3.83. The van der Waals surface area contributed by atoms with E-state index in [0.717, 1.165) is 21.3 Å². The van der Waals surface area contributed by atoms with E-state index in [9.17, 15) is 4.39 Å². The van der Waals surface area contributed by atoms with Crippen molar-refractivity contribution in [1.82, 2.24) is 0 Å². The maximum atomic E-state index is 14.5. The van der Waals surface area contributed by atoms with Gasteiger partial charge in [-0.15, -0.1) is 6.58 Å². The van der Waals surface area contributed by atoms with Crippen molar-refractivity contribution in [2.75, 3.05) is 0 Å². The molecule has 1 nitrogen and oxygen atoms in total. The molecule has 0 bridgehead atoms. The Labute approximate surface area is 162 Å². The van der Waals surface area contributed by atoms with Crippen molar-refractivity contribution in [3.05, 3.63) is 118 Å². The SMILES string of the molecule is C=CC[C@@H](N=C(c1ccccc1)c1ccccc1)c1cc(Br)ccc1F. The first-order valence-electron chi connectivity index (χ1n) is 8.43. The highest BCUT2D eigenvalue weighted by Crippen LogP contribution is 2.29. The summed E-state index contributed by atoms with van der Waals surface area (Å²) in [4.78, 5) is 4.96. The predicted molar refractivity (Wildman–Crippen MR) is 110 cm³/mol. The third-order valence-corrected chi connectivity index (χ3v) is 4.58. The van der Waals surface area contributed by atoms with Crippen LogP contribution in [0.5, 0.6) is 0 Å². The molecule has 0 aliphatic rings. The topological polar surface area (TPSA) is 12.4 Å². The lowest BCUT2D eigenvalue weighted by Crippen LogP contribution is -2.08. The van der Waals surface area contributed by atoms with Gasteiger partial charge in [0.1, 0.15) is 5.82 Å². The minimum atomic E-state index is -0.347. The minimum Gasteiger partial charge on any atom is -0.276 e. The summed E-state index contributed by atoms with van der Waals surface area (Å²) in [7, 11) is 0. The van der Waals surface area contributed by atoms with Gasteiger partial charge >= 0.3 is 0 Å². The predicted octanol–water partition coefficient (Wildman–Crippen LogP) is 6.74. The number of halogens is 2. The van der Waals surface area contributed by atoms with Crippen LogP contribution in [0.15, 0.2) is 101 Å². The van der Waals surface area contributed by atoms with Crippen molar-refractivity contribution >= 4 is 21.6 Å². The third-order valence-electron chi connectivity index (χ3n) is 4.09. The van der Waals surface area contributed by atoms with Gasteiger partial charge in [-0.1, -0.05) is 82.7 Å². The van der Waals surface area contributed by atoms with Crippen LogP contribution in [0.3, 0.4) is 0 Å². The molecule has 0 saturated carbocycles. The van der Waals surface area contributed by atoms with Crippen LogP contribution >= 0.6 is 15.9 Å². The van der Waals surface area contributed by atoms with Crippen molar-refractivity contribution in [3.8, 4) is 0 Å². The van der Waals surface area contributed by atoms with Crippen LogP contribution in [-0.4, -0.2) is 5.71 Å². The van der Waals surface area contributed by atoms with Gasteiger partial charge in [0.25, 0.3) is 0 Å². The van der Waals surface area contributed by atoms with Crippen LogP contribution in [0.2, 0.25) is 0 Å². The number of nitrogens with zero attached hydrogens (tertiary/aromatic N) is 1. The largest absolute Gasteiger partial charge is 0.276 e. The van der Waals surface area contributed by atoms with E-state index >= 15 is 0 Å². The summed E-state index contributed by atoms with van der Waals surface area (Å²) in [5, 5.41) is 0. The standard InChI is InChI=1S/C23H19BrFN/c1-2-9-22(20-16-19(24)14-15-21(20)25)26-23(17-10-5-3-6-11-17)18-12-7-4-8-13-18/h2-8,10-16,22H,1,9H2/t22-/m1/s1. The summed E-state index contributed by atoms with van der Waals surface area (Å²) < 4.78 is 15.3. The summed E-state index contributed by atoms with van der Waals surface area (Å²) >= 11 is 3.43. The quantitative estimate of drug-likeness (QED) is 0.316. The lowest BCUT2D eigenvalue weighted by atomic mass is 9.99. The summed E-state index contributed by atoms with van der Waals surface area (Å²) in [5.74, 6) is -0.260. The van der Waals surface area contributed by atoms with Gasteiger partial charge < -0.3 is 0 Å². The zero-order valence-electron chi connectivity index (χ0n) is 14.3. The molecule has 0 aliphatic heterocycles. The second-order valence-electron chi connectivity index (χ2n) is 5.92. The first kappa shape index (κ1) is 18.3. The molecule has 3 rings (SSSR count). The van der Waals surface area contributed by atoms with Gasteiger partial charge in [-0.3, -0.25) is 4.99 Å². The van der Waals surface area contributed by atoms with E-state index < -0.39 is 0 Å². The molecule has 0 spiro atoms. The smallest absolute Gasteiger partial charge is 0.128 e. The Hall–Kier alpha value is -2.52. The van der Waals surface area contributed by atoms with Crippen LogP contribution in [0.4, 0.5) is 4.39 Å². The fourth-order valence-electron chi connectivity index (χ4n) is 2.84. The first-order chi connectivity index (χ1) is 12.7. The molecule has 0 N–H and O–H groups in total. The average Bonchev–Trinajstić information content (AvgIpc) is 2.68. The Balaban J connectivity index is 2.15. The number of aliphatic imine (C=N–C) groups is 1. The number of hydrogen-bond donors (Lipinski definition) is 0. The summed E-state index contributed by atoms with van der Waals surface area (Å²) in [6.07, 6.45) is 2.33. The van der Waals surface area contributed by atoms with Crippen LogP contribution in [0, 0.1) is 5.82 Å². The fourth-order valence-corrected chi connectivity index (χ4v) is 3.22. The molecule has 0 fully saturated rings. The molecule has 0 saturated heterocycles. The molecule has 1 atom stereocenters. The third kappa shape index (κ3) is 4.36. The molecule has 3 aromatic rings. The zero-order valence-corrected chi connectivity index (χ0v) is 15.9. The highest BCUT2D eigenvalue weighted by Gasteiger charge is 2.17. The van der Waals surface area contributed by atoms with E-state index in [1.807, 2.05) is 60.7 Å². The Morgan fingerprint density at radius 3 is 2.08 bits per heavy atom. The monoisotopic (exact) mass is 407 g/mol. The molecule has 130 valence electrons. The molecule has 26 heavy (non-hydrogen) atoms. The zero-order chi connectivity index (χ0) is 18.4. The first-order valence-corrected chi connectivity index (χ1v) is 9.23. The molecule has 0 amide bonds. The number of hydrogen-bond acceptors (Lipinski definition) is 1. The maximum Gasteiger partial charge on any atom is 0.128 e. The van der Waals surface area contributed by atoms with Gasteiger partial charge in [0.05, 0.1) is 11.8 Å². The Morgan fingerprint density at radius 1 is 0.962 bits per heavy atom. The second kappa shape index (κ2) is 8.72. The Morgan fingerprint density at radius 2 is 1.54 bits per heavy atom. The van der Waals surface area contributed by atoms with Gasteiger partial charge in [-0.25, -0.2) is 4.39 Å². The lowest BCUT2D eigenvalue weighted by molar-refractivity contribution is 0.584. The minimum absolute atomic E-state index is 0.260. The Kier molecular flexibility index (Phi) is 6.13. The molecule has 0 aliphatic carbocycles. The molecule has 0 heterocycles. The van der Waals surface area contributed by atoms with Crippen molar-refractivity contribution in [2.45, 2.75) is 12.5 Å². The fraction of sp³-hybridized carbons (Fsp3) is 0.0870. The van der Waals surface area contributed by atoms with Crippen LogP contribution in [-0.2, 0) is 0 Å². The maximum absolute atomic E-state index is 14.5. The van der Waals surface area contributed by atoms with Gasteiger partial charge in [0.15, 0.2) is 0 Å². The van der Waals surface area contributed by atoms with Gasteiger partial charge in [0, 0.05) is 21.2 Å². The average molecular weight is 408 g/mol. The molecule has 0 radical (unpaired) electrons. The summed E-state index contributed by atoms with van der Waals surface area (Å²) in [5.41, 5.74) is 3.41. The second-order valence-corrected chi connectivity index (χ2v) is 6.83. The van der Waals surface area contributed by atoms with Crippen LogP contribution < -0.4 is 0 Å². The van der Waals surface area contributed by atoms with E-state index in [1.54, 1.807) is 18.2 Å². The van der Waals surface area contributed by atoms with Crippen LogP contribution in [0.1, 0.15) is 29.2 Å². The Bertz CT molecular complexity index is 863. The van der Waals surface area contributed by atoms with E-state index in [-0.39, 0.29) is 11.9 Å². The molecule has 0 unspecified atom stereocenters. The van der Waals surface area contributed by atoms with Crippen molar-refractivity contribution < 1.29 is 4.39 Å². The molecule has 3 heteroatoms. The van der Waals surface area contributed by atoms with Gasteiger partial charge in [-0.05, 0) is 24.6 Å². The number of benzene rings is 3. The van der Waals surface area contributed by atoms with E-state index in [4.69, 9.17) is 4.99 Å². The van der Waals surface area contributed by atoms with Gasteiger partial charge in [-0.2, -0.15) is 0 Å². The summed E-state index contributed by atoms with van der Waals surface area (Å²) in [6, 6.07) is 24.6. The van der Waals surface area contributed by atoms with Crippen molar-refractivity contribution in [3.63, 3.8) is 0 Å². The molecule has 0 aromatic heterocycles. The van der Waals surface area contributed by atoms with E-state index in [0.29, 0.717) is 12.0 Å². The van der Waals surface area contributed by atoms with Crippen molar-refractivity contribution in [1.29, 1.82) is 0 Å². The highest BCUT2D eigenvalue weighted by atomic mass is 79.9. The van der Waals surface area contributed by atoms with Crippen LogP contribution in [0.25, 0.3) is 0 Å². The normalized spacial score (nSPS) is 11.6. The molecular formula is C23H19BrFN. The van der Waals surface area contributed by atoms with Crippen molar-refractivity contribution in [2.24, 2.45) is 4.99 Å². The highest BCUT2D eigenvalue weighted by molar-refractivity contribution is 9.10. The number of rotatable bonds is 6. The molecule has 3 aromatic carbocycles. The van der Waals surface area contributed by atoms with E-state index in [1.165, 1.54) is 6.07 Å².